The van der Waals surface area contributed by atoms with Crippen LogP contribution < -0.4 is 5.63 Å². The fourth-order valence-corrected chi connectivity index (χ4v) is 8.17. The molecule has 0 amide bonds. The molecule has 1 N–H and O–H groups in total. The number of phenolic OH excluding ortho intramolecular Hbond substituents is 1. The summed E-state index contributed by atoms with van der Waals surface area (Å²) < 4.78 is 5.94. The van der Waals surface area contributed by atoms with Gasteiger partial charge in [0.25, 0.3) is 0 Å². The summed E-state index contributed by atoms with van der Waals surface area (Å²) in [6, 6.07) is 5.00. The van der Waals surface area contributed by atoms with E-state index in [4.69, 9.17) is 4.42 Å². The molecule has 4 atom stereocenters. The Kier molecular flexibility index (Phi) is 5.13. The van der Waals surface area contributed by atoms with E-state index in [0.717, 1.165) is 66.3 Å². The highest BCUT2D eigenvalue weighted by Gasteiger charge is 2.46. The number of aromatic hydroxyl groups is 1. The number of nitrogens with zero attached hydrogens (tertiary/aromatic N) is 2. The van der Waals surface area contributed by atoms with E-state index in [1.165, 1.54) is 51.6 Å². The first-order chi connectivity index (χ1) is 16.7. The van der Waals surface area contributed by atoms with Crippen molar-refractivity contribution in [2.24, 2.45) is 11.8 Å². The Morgan fingerprint density at radius 3 is 2.79 bits per heavy atom. The summed E-state index contributed by atoms with van der Waals surface area (Å²) >= 11 is 0. The summed E-state index contributed by atoms with van der Waals surface area (Å²) in [4.78, 5) is 18.2. The highest BCUT2D eigenvalue weighted by atomic mass is 16.4. The van der Waals surface area contributed by atoms with Crippen molar-refractivity contribution in [3.8, 4) is 5.75 Å². The highest BCUT2D eigenvalue weighted by molar-refractivity contribution is 5.86. The van der Waals surface area contributed by atoms with E-state index in [0.29, 0.717) is 24.1 Å². The first-order valence-electron chi connectivity index (χ1n) is 13.7. The molecule has 3 aliphatic heterocycles. The molecule has 2 aliphatic carbocycles. The van der Waals surface area contributed by atoms with Crippen LogP contribution in [0.1, 0.15) is 68.1 Å². The maximum absolute atomic E-state index is 12.9. The van der Waals surface area contributed by atoms with E-state index in [1.807, 2.05) is 12.1 Å². The summed E-state index contributed by atoms with van der Waals surface area (Å²) in [5.41, 5.74) is 4.87. The number of benzene rings is 1. The van der Waals surface area contributed by atoms with Crippen molar-refractivity contribution >= 4 is 11.0 Å². The second-order valence-corrected chi connectivity index (χ2v) is 11.5. The fourth-order valence-electron chi connectivity index (χ4n) is 8.17. The van der Waals surface area contributed by atoms with Crippen LogP contribution in [0.25, 0.3) is 11.0 Å². The standard InChI is InChI=1S/C29H36N2O3/c32-26-11-10-22-21-7-1-2-8-23(21)29(33)34-28(22)24(26)17-31-13-5-6-18-14-19-15-20(27(18)31)16-30-12-4-3-9-25(19)30/h10-11,14,19-20,25,27,32H,1-9,12-13,15-17H2/t19-,20+,25+,27+/m0/s1. The minimum atomic E-state index is -0.197. The normalized spacial score (nSPS) is 31.5. The van der Waals surface area contributed by atoms with Crippen LogP contribution in [0.2, 0.25) is 0 Å². The molecule has 3 fully saturated rings. The maximum atomic E-state index is 12.9. The van der Waals surface area contributed by atoms with Gasteiger partial charge < -0.3 is 9.52 Å². The molecule has 2 bridgehead atoms. The zero-order valence-corrected chi connectivity index (χ0v) is 20.1. The van der Waals surface area contributed by atoms with Gasteiger partial charge in [0.15, 0.2) is 0 Å². The molecule has 5 nitrogen and oxygen atoms in total. The van der Waals surface area contributed by atoms with Crippen molar-refractivity contribution in [3.63, 3.8) is 0 Å². The van der Waals surface area contributed by atoms with Crippen LogP contribution in [0, 0.1) is 11.8 Å². The second kappa shape index (κ2) is 8.23. The molecule has 7 rings (SSSR count). The lowest BCUT2D eigenvalue weighted by Gasteiger charge is -2.54. The molecule has 0 unspecified atom stereocenters. The molecule has 4 heterocycles. The van der Waals surface area contributed by atoms with Gasteiger partial charge in [0.2, 0.25) is 0 Å². The Morgan fingerprint density at radius 2 is 1.88 bits per heavy atom. The molecule has 3 saturated heterocycles. The molecular weight excluding hydrogens is 424 g/mol. The van der Waals surface area contributed by atoms with E-state index in [-0.39, 0.29) is 11.4 Å². The molecule has 34 heavy (non-hydrogen) atoms. The molecule has 0 spiro atoms. The number of fused-ring (bicyclic) bond motifs is 9. The van der Waals surface area contributed by atoms with Gasteiger partial charge in [0.1, 0.15) is 11.3 Å². The van der Waals surface area contributed by atoms with Crippen LogP contribution in [-0.4, -0.2) is 46.6 Å². The van der Waals surface area contributed by atoms with Gasteiger partial charge in [-0.05, 0) is 100 Å². The monoisotopic (exact) mass is 460 g/mol. The van der Waals surface area contributed by atoms with Crippen LogP contribution in [0.4, 0.5) is 0 Å². The molecule has 1 aromatic heterocycles. The van der Waals surface area contributed by atoms with Gasteiger partial charge in [-0.1, -0.05) is 18.1 Å². The second-order valence-electron chi connectivity index (χ2n) is 11.5. The Hall–Kier alpha value is -2.11. The van der Waals surface area contributed by atoms with Crippen LogP contribution >= 0.6 is 0 Å². The van der Waals surface area contributed by atoms with Crippen molar-refractivity contribution < 1.29 is 9.52 Å². The first kappa shape index (κ1) is 21.2. The van der Waals surface area contributed by atoms with E-state index >= 15 is 0 Å². The number of piperidine rings is 3. The molecular formula is C29H36N2O3. The average molecular weight is 461 g/mol. The lowest BCUT2D eigenvalue weighted by Crippen LogP contribution is -2.59. The minimum absolute atomic E-state index is 0.197. The van der Waals surface area contributed by atoms with Gasteiger partial charge in [-0.25, -0.2) is 4.79 Å². The van der Waals surface area contributed by atoms with Gasteiger partial charge in [0.05, 0.1) is 5.56 Å². The quantitative estimate of drug-likeness (QED) is 0.517. The van der Waals surface area contributed by atoms with Crippen molar-refractivity contribution in [3.05, 3.63) is 50.9 Å². The van der Waals surface area contributed by atoms with Gasteiger partial charge >= 0.3 is 5.63 Å². The SMILES string of the molecule is O=c1oc2c(CN3CCCC4=C[C@H]5C[C@H](CN6CCCC[C@H]56)[C@@H]43)c(O)ccc2c2c1CCCC2. The van der Waals surface area contributed by atoms with Crippen molar-refractivity contribution in [1.29, 1.82) is 0 Å². The fraction of sp³-hybridized carbons (Fsp3) is 0.621. The Balaban J connectivity index is 1.26. The van der Waals surface area contributed by atoms with Crippen LogP contribution in [0.15, 0.2) is 33.0 Å². The van der Waals surface area contributed by atoms with Crippen molar-refractivity contribution in [2.75, 3.05) is 19.6 Å². The van der Waals surface area contributed by atoms with Crippen molar-refractivity contribution in [1.82, 2.24) is 9.80 Å². The summed E-state index contributed by atoms with van der Waals surface area (Å²) in [5, 5.41) is 12.0. The first-order valence-corrected chi connectivity index (χ1v) is 13.7. The largest absolute Gasteiger partial charge is 0.507 e. The van der Waals surface area contributed by atoms with E-state index in [2.05, 4.69) is 15.9 Å². The van der Waals surface area contributed by atoms with E-state index in [9.17, 15) is 9.90 Å². The summed E-state index contributed by atoms with van der Waals surface area (Å²) in [6.07, 6.45) is 14.3. The zero-order chi connectivity index (χ0) is 22.8. The number of hydrogen-bond acceptors (Lipinski definition) is 5. The lowest BCUT2D eigenvalue weighted by molar-refractivity contribution is -0.00274. The molecule has 2 aromatic rings. The predicted octanol–water partition coefficient (Wildman–Crippen LogP) is 4.77. The van der Waals surface area contributed by atoms with E-state index in [1.54, 1.807) is 5.57 Å². The summed E-state index contributed by atoms with van der Waals surface area (Å²) in [6.45, 7) is 4.16. The van der Waals surface area contributed by atoms with E-state index < -0.39 is 0 Å². The number of aryl methyl sites for hydroxylation is 1. The Morgan fingerprint density at radius 1 is 1.00 bits per heavy atom. The Bertz CT molecular complexity index is 1210. The Labute approximate surface area is 201 Å². The van der Waals surface area contributed by atoms with Gasteiger partial charge in [0, 0.05) is 36.1 Å². The van der Waals surface area contributed by atoms with Gasteiger partial charge in [-0.3, -0.25) is 9.80 Å². The lowest BCUT2D eigenvalue weighted by atomic mass is 9.68. The number of likely N-dealkylation sites (tertiary alicyclic amines) is 1. The van der Waals surface area contributed by atoms with Crippen molar-refractivity contribution in [2.45, 2.75) is 82.8 Å². The molecule has 5 aliphatic rings. The maximum Gasteiger partial charge on any atom is 0.339 e. The summed E-state index contributed by atoms with van der Waals surface area (Å²) in [7, 11) is 0. The third-order valence-electron chi connectivity index (χ3n) is 9.59. The number of phenols is 1. The molecule has 0 saturated carbocycles. The topological polar surface area (TPSA) is 56.9 Å². The number of hydrogen-bond donors (Lipinski definition) is 1. The number of rotatable bonds is 2. The highest BCUT2D eigenvalue weighted by Crippen LogP contribution is 2.46. The van der Waals surface area contributed by atoms with Gasteiger partial charge in [-0.15, -0.1) is 0 Å². The predicted molar refractivity (Wildman–Crippen MR) is 133 cm³/mol. The molecule has 1 aromatic carbocycles. The molecule has 0 radical (unpaired) electrons. The minimum Gasteiger partial charge on any atom is -0.507 e. The zero-order valence-electron chi connectivity index (χ0n) is 20.1. The third-order valence-corrected chi connectivity index (χ3v) is 9.59. The van der Waals surface area contributed by atoms with Crippen LogP contribution in [0.5, 0.6) is 5.75 Å². The average Bonchev–Trinajstić information content (AvgIpc) is 2.86. The summed E-state index contributed by atoms with van der Waals surface area (Å²) in [5.74, 6) is 1.65. The molecule has 180 valence electrons. The van der Waals surface area contributed by atoms with Gasteiger partial charge in [-0.2, -0.15) is 0 Å². The third kappa shape index (κ3) is 3.30. The van der Waals surface area contributed by atoms with Crippen LogP contribution in [0.3, 0.4) is 0 Å². The smallest absolute Gasteiger partial charge is 0.339 e. The van der Waals surface area contributed by atoms with Crippen LogP contribution in [-0.2, 0) is 19.4 Å². The molecule has 5 heteroatoms.